The van der Waals surface area contributed by atoms with Crippen LogP contribution in [0.15, 0.2) is 44.2 Å². The first kappa shape index (κ1) is 19.3. The Balaban J connectivity index is 2.45. The lowest BCUT2D eigenvalue weighted by molar-refractivity contribution is -0.146. The van der Waals surface area contributed by atoms with Crippen LogP contribution in [-0.4, -0.2) is 19.5 Å². The van der Waals surface area contributed by atoms with Gasteiger partial charge in [-0.3, -0.25) is 4.79 Å². The van der Waals surface area contributed by atoms with Gasteiger partial charge in [0.2, 0.25) is 0 Å². The summed E-state index contributed by atoms with van der Waals surface area (Å²) in [6.45, 7) is 3.16. The molecule has 8 heteroatoms. The molecular formula is C16H15Br2FO4S. The van der Waals surface area contributed by atoms with Gasteiger partial charge >= 0.3 is 5.97 Å². The van der Waals surface area contributed by atoms with E-state index < -0.39 is 38.7 Å². The molecule has 1 aromatic rings. The zero-order valence-electron chi connectivity index (χ0n) is 12.9. The van der Waals surface area contributed by atoms with Crippen molar-refractivity contribution in [2.24, 2.45) is 11.3 Å². The van der Waals surface area contributed by atoms with E-state index in [2.05, 4.69) is 31.9 Å². The molecule has 1 N–H and O–H groups in total. The monoisotopic (exact) mass is 480 g/mol. The Labute approximate surface area is 156 Å². The van der Waals surface area contributed by atoms with Crippen molar-refractivity contribution in [2.45, 2.75) is 19.6 Å². The topological polar surface area (TPSA) is 71.4 Å². The second-order valence-electron chi connectivity index (χ2n) is 5.86. The number of carboxylic acid groups (broad SMARTS) is 1. The number of halogens is 3. The summed E-state index contributed by atoms with van der Waals surface area (Å²) in [4.78, 5) is 11.4. The fraction of sp³-hybridized carbons (Fsp3) is 0.312. The quantitative estimate of drug-likeness (QED) is 0.691. The van der Waals surface area contributed by atoms with Crippen LogP contribution in [0.1, 0.15) is 19.4 Å². The second-order valence-corrected chi connectivity index (χ2v) is 9.53. The van der Waals surface area contributed by atoms with Crippen LogP contribution in [0, 0.1) is 17.2 Å². The van der Waals surface area contributed by atoms with Crippen LogP contribution < -0.4 is 0 Å². The number of carbonyl (C=O) groups is 1. The van der Waals surface area contributed by atoms with Crippen molar-refractivity contribution < 1.29 is 22.7 Å². The van der Waals surface area contributed by atoms with Gasteiger partial charge in [0.1, 0.15) is 5.82 Å². The highest BCUT2D eigenvalue weighted by molar-refractivity contribution is 9.12. The molecule has 130 valence electrons. The minimum Gasteiger partial charge on any atom is -0.481 e. The summed E-state index contributed by atoms with van der Waals surface area (Å²) < 4.78 is 39.9. The lowest BCUT2D eigenvalue weighted by Crippen LogP contribution is -2.34. The molecule has 1 aromatic carbocycles. The largest absolute Gasteiger partial charge is 0.481 e. The van der Waals surface area contributed by atoms with Crippen LogP contribution >= 0.6 is 31.9 Å². The number of sulfone groups is 1. The summed E-state index contributed by atoms with van der Waals surface area (Å²) in [5, 5.41) is 9.38. The van der Waals surface area contributed by atoms with Crippen molar-refractivity contribution in [3.05, 3.63) is 55.6 Å². The normalized spacial score (nSPS) is 24.3. The van der Waals surface area contributed by atoms with E-state index in [4.69, 9.17) is 0 Å². The van der Waals surface area contributed by atoms with Crippen molar-refractivity contribution in [3.63, 3.8) is 0 Å². The molecule has 0 aromatic heterocycles. The molecule has 2 rings (SSSR count). The Bertz CT molecular complexity index is 841. The third kappa shape index (κ3) is 3.50. The van der Waals surface area contributed by atoms with Gasteiger partial charge < -0.3 is 5.11 Å². The average Bonchev–Trinajstić information content (AvgIpc) is 2.46. The summed E-state index contributed by atoms with van der Waals surface area (Å²) in [7, 11) is -3.86. The maximum Gasteiger partial charge on any atom is 0.313 e. The summed E-state index contributed by atoms with van der Waals surface area (Å²) in [6.07, 6.45) is 2.78. The van der Waals surface area contributed by atoms with E-state index in [1.54, 1.807) is 13.0 Å². The highest BCUT2D eigenvalue weighted by Crippen LogP contribution is 2.42. The molecule has 0 aliphatic heterocycles. The van der Waals surface area contributed by atoms with Gasteiger partial charge in [0.05, 0.1) is 16.1 Å². The number of hydrogen-bond acceptors (Lipinski definition) is 3. The molecule has 0 saturated carbocycles. The third-order valence-corrected chi connectivity index (χ3v) is 7.56. The minimum absolute atomic E-state index is 0.0242. The molecule has 0 amide bonds. The van der Waals surface area contributed by atoms with E-state index >= 15 is 0 Å². The SMILES string of the molecule is CC1C=C(S(=O)(=O)Cc2c(F)cccc2Br)C(Br)=CC1(C)C(=O)O. The number of carboxylic acids is 1. The molecule has 24 heavy (non-hydrogen) atoms. The van der Waals surface area contributed by atoms with Crippen molar-refractivity contribution in [3.8, 4) is 0 Å². The predicted molar refractivity (Wildman–Crippen MR) is 96.7 cm³/mol. The molecule has 0 heterocycles. The number of hydrogen-bond donors (Lipinski definition) is 1. The summed E-state index contributed by atoms with van der Waals surface area (Å²) in [5.74, 6) is -2.72. The van der Waals surface area contributed by atoms with Gasteiger partial charge in [-0.2, -0.15) is 0 Å². The van der Waals surface area contributed by atoms with Gasteiger partial charge in [-0.1, -0.05) is 41.1 Å². The molecule has 2 atom stereocenters. The standard InChI is InChI=1S/C16H15Br2FO4S/c1-9-6-14(12(18)7-16(9,2)15(20)21)24(22,23)8-10-11(17)4-3-5-13(10)19/h3-7,9H,8H2,1-2H3,(H,20,21). The Morgan fingerprint density at radius 2 is 2.00 bits per heavy atom. The van der Waals surface area contributed by atoms with Crippen LogP contribution in [-0.2, 0) is 20.4 Å². The van der Waals surface area contributed by atoms with Crippen LogP contribution in [0.4, 0.5) is 4.39 Å². The molecule has 0 bridgehead atoms. The van der Waals surface area contributed by atoms with E-state index in [1.165, 1.54) is 31.2 Å². The van der Waals surface area contributed by atoms with Crippen LogP contribution in [0.25, 0.3) is 0 Å². The van der Waals surface area contributed by atoms with E-state index in [0.29, 0.717) is 4.47 Å². The first-order valence-electron chi connectivity index (χ1n) is 6.98. The molecule has 1 aliphatic rings. The van der Waals surface area contributed by atoms with Crippen molar-refractivity contribution in [2.75, 3.05) is 0 Å². The van der Waals surface area contributed by atoms with Crippen LogP contribution in [0.2, 0.25) is 0 Å². The van der Waals surface area contributed by atoms with Gasteiger partial charge in [-0.15, -0.1) is 0 Å². The predicted octanol–water partition coefficient (Wildman–Crippen LogP) is 4.41. The van der Waals surface area contributed by atoms with E-state index in [0.717, 1.165) is 0 Å². The van der Waals surface area contributed by atoms with Crippen LogP contribution in [0.5, 0.6) is 0 Å². The van der Waals surface area contributed by atoms with Crippen LogP contribution in [0.3, 0.4) is 0 Å². The number of allylic oxidation sites excluding steroid dienone is 2. The zero-order chi connectivity index (χ0) is 18.3. The molecule has 4 nitrogen and oxygen atoms in total. The molecule has 0 spiro atoms. The van der Waals surface area contributed by atoms with Gasteiger partial charge in [0.25, 0.3) is 0 Å². The van der Waals surface area contributed by atoms with Gasteiger partial charge in [-0.05, 0) is 40.9 Å². The highest BCUT2D eigenvalue weighted by atomic mass is 79.9. The van der Waals surface area contributed by atoms with Crippen molar-refractivity contribution >= 4 is 47.7 Å². The van der Waals surface area contributed by atoms with Gasteiger partial charge in [0, 0.05) is 14.5 Å². The smallest absolute Gasteiger partial charge is 0.313 e. The molecule has 0 fully saturated rings. The Morgan fingerprint density at radius 1 is 1.38 bits per heavy atom. The molecule has 2 unspecified atom stereocenters. The van der Waals surface area contributed by atoms with Crippen molar-refractivity contribution in [1.82, 2.24) is 0 Å². The minimum atomic E-state index is -3.86. The molecule has 1 aliphatic carbocycles. The summed E-state index contributed by atoms with van der Waals surface area (Å²) in [6, 6.07) is 4.24. The van der Waals surface area contributed by atoms with E-state index in [1.807, 2.05) is 0 Å². The highest BCUT2D eigenvalue weighted by Gasteiger charge is 2.41. The maximum atomic E-state index is 13.9. The lowest BCUT2D eigenvalue weighted by atomic mass is 9.75. The second kappa shape index (κ2) is 6.72. The number of aliphatic carboxylic acids is 1. The maximum absolute atomic E-state index is 13.9. The fourth-order valence-electron chi connectivity index (χ4n) is 2.39. The van der Waals surface area contributed by atoms with Gasteiger partial charge in [0.15, 0.2) is 9.84 Å². The average molecular weight is 482 g/mol. The Morgan fingerprint density at radius 3 is 2.54 bits per heavy atom. The fourth-order valence-corrected chi connectivity index (χ4v) is 6.00. The Hall–Kier alpha value is -0.990. The number of rotatable bonds is 4. The zero-order valence-corrected chi connectivity index (χ0v) is 16.9. The summed E-state index contributed by atoms with van der Waals surface area (Å²) >= 11 is 6.32. The first-order chi connectivity index (χ1) is 11.0. The van der Waals surface area contributed by atoms with E-state index in [9.17, 15) is 22.7 Å². The van der Waals surface area contributed by atoms with E-state index in [-0.39, 0.29) is 15.0 Å². The molecule has 0 saturated heterocycles. The van der Waals surface area contributed by atoms with Gasteiger partial charge in [-0.25, -0.2) is 12.8 Å². The lowest BCUT2D eigenvalue weighted by Gasteiger charge is -2.31. The van der Waals surface area contributed by atoms with Crippen molar-refractivity contribution in [1.29, 1.82) is 0 Å². The number of benzene rings is 1. The summed E-state index contributed by atoms with van der Waals surface area (Å²) in [5.41, 5.74) is -1.17. The molecule has 0 radical (unpaired) electrons. The first-order valence-corrected chi connectivity index (χ1v) is 10.2. The third-order valence-electron chi connectivity index (χ3n) is 4.20. The Kier molecular flexibility index (Phi) is 5.42. The molecular weight excluding hydrogens is 467 g/mol.